The van der Waals surface area contributed by atoms with Crippen LogP contribution in [0.2, 0.25) is 0 Å². The molecule has 9 nitrogen and oxygen atoms in total. The summed E-state index contributed by atoms with van der Waals surface area (Å²) in [4.78, 5) is 37.2. The molecule has 0 heterocycles. The van der Waals surface area contributed by atoms with Gasteiger partial charge in [-0.15, -0.1) is 0 Å². The molecule has 0 aromatic rings. The van der Waals surface area contributed by atoms with E-state index in [-0.39, 0.29) is 32.2 Å². The quantitative estimate of drug-likeness (QED) is 0.0211. The molecule has 9 heteroatoms. The molecular formula is C66H114NO8+. The zero-order valence-corrected chi connectivity index (χ0v) is 48.9. The zero-order chi connectivity index (χ0) is 54.8. The second kappa shape index (κ2) is 56.4. The highest BCUT2D eigenvalue weighted by Crippen LogP contribution is 2.16. The number of carbonyl (C=O) groups is 3. The van der Waals surface area contributed by atoms with Crippen LogP contribution in [0.4, 0.5) is 0 Å². The molecule has 0 saturated heterocycles. The number of allylic oxidation sites excluding steroid dienone is 16. The van der Waals surface area contributed by atoms with Crippen molar-refractivity contribution in [2.75, 3.05) is 47.5 Å². The van der Waals surface area contributed by atoms with Gasteiger partial charge in [0.05, 0.1) is 34.4 Å². The van der Waals surface area contributed by atoms with Crippen molar-refractivity contribution in [3.05, 3.63) is 97.2 Å². The van der Waals surface area contributed by atoms with E-state index < -0.39 is 24.3 Å². The van der Waals surface area contributed by atoms with Crippen LogP contribution in [0.3, 0.4) is 0 Å². The van der Waals surface area contributed by atoms with Crippen molar-refractivity contribution in [3.8, 4) is 0 Å². The van der Waals surface area contributed by atoms with E-state index in [1.165, 1.54) is 128 Å². The van der Waals surface area contributed by atoms with Crippen LogP contribution in [-0.2, 0) is 33.3 Å². The molecule has 0 bridgehead atoms. The van der Waals surface area contributed by atoms with Gasteiger partial charge in [-0.05, 0) is 77.0 Å². The number of hydrogen-bond donors (Lipinski definition) is 1. The van der Waals surface area contributed by atoms with Crippen molar-refractivity contribution in [2.45, 2.75) is 257 Å². The number of aliphatic carboxylic acids is 1. The fourth-order valence-corrected chi connectivity index (χ4v) is 8.21. The summed E-state index contributed by atoms with van der Waals surface area (Å²) in [6.45, 7) is 4.74. The zero-order valence-electron chi connectivity index (χ0n) is 48.9. The average Bonchev–Trinajstić information content (AvgIpc) is 3.38. The smallest absolute Gasteiger partial charge is 0.361 e. The van der Waals surface area contributed by atoms with E-state index in [1.807, 2.05) is 21.1 Å². The third-order valence-corrected chi connectivity index (χ3v) is 12.9. The van der Waals surface area contributed by atoms with Crippen LogP contribution in [0.15, 0.2) is 97.2 Å². The van der Waals surface area contributed by atoms with Gasteiger partial charge in [0, 0.05) is 12.8 Å². The average molecular weight is 1050 g/mol. The Hall–Kier alpha value is -3.79. The van der Waals surface area contributed by atoms with Crippen LogP contribution in [0, 0.1) is 0 Å². The molecule has 0 aliphatic carbocycles. The normalized spacial score (nSPS) is 13.5. The molecule has 0 aliphatic rings. The Balaban J connectivity index is 3.96. The van der Waals surface area contributed by atoms with Gasteiger partial charge < -0.3 is 28.5 Å². The number of ether oxygens (including phenoxy) is 4. The Bertz CT molecular complexity index is 1550. The summed E-state index contributed by atoms with van der Waals surface area (Å²) < 4.78 is 22.8. The molecule has 2 atom stereocenters. The number of rotatable bonds is 55. The van der Waals surface area contributed by atoms with Gasteiger partial charge in [0.2, 0.25) is 0 Å². The van der Waals surface area contributed by atoms with E-state index in [4.69, 9.17) is 18.9 Å². The van der Waals surface area contributed by atoms with Crippen molar-refractivity contribution in [1.82, 2.24) is 0 Å². The summed E-state index contributed by atoms with van der Waals surface area (Å²) in [5.41, 5.74) is 0. The minimum Gasteiger partial charge on any atom is -0.477 e. The summed E-state index contributed by atoms with van der Waals surface area (Å²) in [6, 6.07) is 0. The Labute approximate surface area is 461 Å². The predicted molar refractivity (Wildman–Crippen MR) is 318 cm³/mol. The highest BCUT2D eigenvalue weighted by atomic mass is 16.7. The maximum absolute atomic E-state index is 12.8. The largest absolute Gasteiger partial charge is 0.477 e. The van der Waals surface area contributed by atoms with Crippen LogP contribution < -0.4 is 0 Å². The van der Waals surface area contributed by atoms with E-state index >= 15 is 0 Å². The Kier molecular flexibility index (Phi) is 53.6. The van der Waals surface area contributed by atoms with Gasteiger partial charge in [0.15, 0.2) is 6.10 Å². The Morgan fingerprint density at radius 1 is 0.413 bits per heavy atom. The molecule has 0 aliphatic heterocycles. The predicted octanol–water partition coefficient (Wildman–Crippen LogP) is 18.1. The monoisotopic (exact) mass is 1050 g/mol. The maximum atomic E-state index is 12.8. The fourth-order valence-electron chi connectivity index (χ4n) is 8.21. The van der Waals surface area contributed by atoms with Crippen molar-refractivity contribution in [3.63, 3.8) is 0 Å². The number of nitrogens with zero attached hydrogens (tertiary/aromatic N) is 1. The van der Waals surface area contributed by atoms with E-state index in [0.717, 1.165) is 89.9 Å². The van der Waals surface area contributed by atoms with Crippen molar-refractivity contribution < 1.29 is 42.9 Å². The molecule has 0 saturated carbocycles. The SMILES string of the molecule is CC/C=C\C/C=C\C/C=C\C/C=C\C/C=C\C/C=C\C/C=C\C/C=C\CCCCCCCCCCCCCCCCCCC(=O)OC(COC(=O)CCCCCCCCCCC)COC(OCC[N+](C)(C)C)C(=O)O. The summed E-state index contributed by atoms with van der Waals surface area (Å²) in [6.07, 6.45) is 73.8. The maximum Gasteiger partial charge on any atom is 0.361 e. The molecule has 0 fully saturated rings. The second-order valence-electron chi connectivity index (χ2n) is 21.3. The van der Waals surface area contributed by atoms with Gasteiger partial charge in [-0.25, -0.2) is 4.79 Å². The molecule has 0 aromatic heterocycles. The number of likely N-dealkylation sites (N-methyl/N-ethyl adjacent to an activating group) is 1. The lowest BCUT2D eigenvalue weighted by Gasteiger charge is -2.25. The first-order chi connectivity index (χ1) is 36.6. The summed E-state index contributed by atoms with van der Waals surface area (Å²) in [5.74, 6) is -2.01. The topological polar surface area (TPSA) is 108 Å². The molecule has 1 N–H and O–H groups in total. The third kappa shape index (κ3) is 57.7. The standard InChI is InChI=1S/C66H113NO8/c1-6-8-10-12-14-16-17-18-19-20-21-22-23-24-25-26-27-28-29-30-31-32-33-34-35-36-37-38-39-40-41-42-43-44-45-46-47-49-51-53-55-57-64(69)75-62(61-74-66(65(70)71)72-59-58-67(3,4)5)60-73-63(68)56-54-52-50-48-15-13-11-9-7-2/h8,10,14,16,18-19,21-22,24-25,27-28,30-31,33-34,62,66H,6-7,9,11-13,15,17,20,23,26,29,32,35-61H2,1-5H3/p+1/b10-8-,16-14-,19-18-,22-21-,25-24-,28-27-,31-30-,34-33-. The lowest BCUT2D eigenvalue weighted by atomic mass is 10.0. The van der Waals surface area contributed by atoms with Gasteiger partial charge in [-0.2, -0.15) is 0 Å². The number of unbranched alkanes of at least 4 members (excludes halogenated alkanes) is 24. The second-order valence-corrected chi connectivity index (χ2v) is 21.3. The molecule has 0 rings (SSSR count). The minimum atomic E-state index is -1.51. The number of carboxylic acids is 1. The first-order valence-corrected chi connectivity index (χ1v) is 30.4. The van der Waals surface area contributed by atoms with Gasteiger partial charge >= 0.3 is 17.9 Å². The highest BCUT2D eigenvalue weighted by Gasteiger charge is 2.25. The van der Waals surface area contributed by atoms with Crippen molar-refractivity contribution in [2.24, 2.45) is 0 Å². The molecule has 2 unspecified atom stereocenters. The number of carboxylic acid groups (broad SMARTS) is 1. The first-order valence-electron chi connectivity index (χ1n) is 30.4. The summed E-state index contributed by atoms with van der Waals surface area (Å²) in [5, 5.41) is 9.67. The number of quaternary nitrogens is 1. The van der Waals surface area contributed by atoms with E-state index in [0.29, 0.717) is 17.4 Å². The molecule has 0 spiro atoms. The van der Waals surface area contributed by atoms with E-state index in [2.05, 4.69) is 111 Å². The number of hydrogen-bond acceptors (Lipinski definition) is 7. The van der Waals surface area contributed by atoms with Crippen molar-refractivity contribution in [1.29, 1.82) is 0 Å². The Morgan fingerprint density at radius 2 is 0.760 bits per heavy atom. The molecule has 75 heavy (non-hydrogen) atoms. The third-order valence-electron chi connectivity index (χ3n) is 12.9. The first kappa shape index (κ1) is 71.2. The van der Waals surface area contributed by atoms with Crippen LogP contribution >= 0.6 is 0 Å². The Morgan fingerprint density at radius 3 is 1.13 bits per heavy atom. The molecular weight excluding hydrogens is 935 g/mol. The van der Waals surface area contributed by atoms with Crippen molar-refractivity contribution >= 4 is 17.9 Å². The van der Waals surface area contributed by atoms with Gasteiger partial charge in [0.25, 0.3) is 6.29 Å². The van der Waals surface area contributed by atoms with Gasteiger partial charge in [-0.1, -0.05) is 252 Å². The van der Waals surface area contributed by atoms with E-state index in [9.17, 15) is 19.5 Å². The van der Waals surface area contributed by atoms with Crippen LogP contribution in [0.5, 0.6) is 0 Å². The molecule has 0 radical (unpaired) electrons. The molecule has 0 amide bonds. The van der Waals surface area contributed by atoms with Gasteiger partial charge in [0.1, 0.15) is 13.2 Å². The molecule has 430 valence electrons. The number of esters is 2. The fraction of sp³-hybridized carbons (Fsp3) is 0.712. The number of carbonyl (C=O) groups excluding carboxylic acids is 2. The lowest BCUT2D eigenvalue weighted by Crippen LogP contribution is -2.40. The summed E-state index contributed by atoms with van der Waals surface area (Å²) >= 11 is 0. The molecule has 0 aromatic carbocycles. The van der Waals surface area contributed by atoms with Gasteiger partial charge in [-0.3, -0.25) is 9.59 Å². The van der Waals surface area contributed by atoms with E-state index in [1.54, 1.807) is 0 Å². The summed E-state index contributed by atoms with van der Waals surface area (Å²) in [7, 11) is 5.96. The minimum absolute atomic E-state index is 0.182. The van der Waals surface area contributed by atoms with Crippen LogP contribution in [0.25, 0.3) is 0 Å². The van der Waals surface area contributed by atoms with Crippen LogP contribution in [0.1, 0.15) is 245 Å². The van der Waals surface area contributed by atoms with Crippen LogP contribution in [-0.4, -0.2) is 87.4 Å². The highest BCUT2D eigenvalue weighted by molar-refractivity contribution is 5.71. The lowest BCUT2D eigenvalue weighted by molar-refractivity contribution is -0.870.